The predicted octanol–water partition coefficient (Wildman–Crippen LogP) is 2.72. The zero-order chi connectivity index (χ0) is 16.1. The van der Waals surface area contributed by atoms with E-state index in [0.29, 0.717) is 18.1 Å². The smallest absolute Gasteiger partial charge is 0.320 e. The van der Waals surface area contributed by atoms with E-state index in [1.54, 1.807) is 13.0 Å². The fourth-order valence-corrected chi connectivity index (χ4v) is 2.16. The van der Waals surface area contributed by atoms with Crippen LogP contribution in [0.4, 0.5) is 10.6 Å². The van der Waals surface area contributed by atoms with Crippen molar-refractivity contribution >= 4 is 11.8 Å². The first-order valence-corrected chi connectivity index (χ1v) is 7.17. The van der Waals surface area contributed by atoms with Gasteiger partial charge in [0, 0.05) is 12.6 Å². The zero-order valence-corrected chi connectivity index (χ0v) is 13.4. The molecule has 22 heavy (non-hydrogen) atoms. The molecule has 0 bridgehead atoms. The highest BCUT2D eigenvalue weighted by Crippen LogP contribution is 2.18. The summed E-state index contributed by atoms with van der Waals surface area (Å²) in [7, 11) is 3.98. The lowest BCUT2D eigenvalue weighted by Gasteiger charge is -2.25. The van der Waals surface area contributed by atoms with Crippen LogP contribution in [-0.2, 0) is 0 Å². The third-order valence-electron chi connectivity index (χ3n) is 3.41. The van der Waals surface area contributed by atoms with Crippen molar-refractivity contribution < 1.29 is 9.32 Å². The number of aromatic nitrogens is 1. The summed E-state index contributed by atoms with van der Waals surface area (Å²) in [5.74, 6) is 1.06. The molecule has 0 radical (unpaired) electrons. The van der Waals surface area contributed by atoms with Crippen molar-refractivity contribution in [2.45, 2.75) is 19.9 Å². The molecule has 1 aromatic heterocycles. The highest BCUT2D eigenvalue weighted by molar-refractivity contribution is 5.88. The first-order valence-electron chi connectivity index (χ1n) is 7.17. The van der Waals surface area contributed by atoms with Gasteiger partial charge < -0.3 is 14.7 Å². The maximum absolute atomic E-state index is 11.9. The van der Waals surface area contributed by atoms with E-state index in [-0.39, 0.29) is 12.1 Å². The normalized spacial score (nSPS) is 12.2. The van der Waals surface area contributed by atoms with Crippen molar-refractivity contribution in [1.82, 2.24) is 15.4 Å². The molecule has 0 fully saturated rings. The summed E-state index contributed by atoms with van der Waals surface area (Å²) >= 11 is 0. The van der Waals surface area contributed by atoms with E-state index in [9.17, 15) is 4.79 Å². The fraction of sp³-hybridized carbons (Fsp3) is 0.375. The molecule has 1 heterocycles. The number of aryl methyl sites for hydroxylation is 2. The molecule has 1 unspecified atom stereocenters. The lowest BCUT2D eigenvalue weighted by Crippen LogP contribution is -2.36. The van der Waals surface area contributed by atoms with Gasteiger partial charge in [0.05, 0.1) is 6.04 Å². The van der Waals surface area contributed by atoms with Gasteiger partial charge in [-0.25, -0.2) is 4.79 Å². The molecule has 1 atom stereocenters. The van der Waals surface area contributed by atoms with Gasteiger partial charge >= 0.3 is 6.03 Å². The second-order valence-electron chi connectivity index (χ2n) is 5.55. The van der Waals surface area contributed by atoms with Crippen LogP contribution < -0.4 is 10.6 Å². The van der Waals surface area contributed by atoms with Gasteiger partial charge in [-0.3, -0.25) is 5.32 Å². The van der Waals surface area contributed by atoms with Crippen molar-refractivity contribution in [2.24, 2.45) is 0 Å². The minimum atomic E-state index is -0.299. The largest absolute Gasteiger partial charge is 0.360 e. The van der Waals surface area contributed by atoms with E-state index in [1.165, 1.54) is 5.56 Å². The van der Waals surface area contributed by atoms with Crippen LogP contribution in [0.2, 0.25) is 0 Å². The highest BCUT2D eigenvalue weighted by Gasteiger charge is 2.15. The molecule has 1 aromatic carbocycles. The third-order valence-corrected chi connectivity index (χ3v) is 3.41. The van der Waals surface area contributed by atoms with E-state index >= 15 is 0 Å². The minimum Gasteiger partial charge on any atom is -0.360 e. The van der Waals surface area contributed by atoms with Crippen LogP contribution in [0.3, 0.4) is 0 Å². The first kappa shape index (κ1) is 16.0. The SMILES string of the molecule is Cc1ccc(C(CNC(=O)Nc2cc(C)on2)N(C)C)cc1. The number of nitrogens with zero attached hydrogens (tertiary/aromatic N) is 2. The molecule has 2 N–H and O–H groups in total. The van der Waals surface area contributed by atoms with E-state index in [4.69, 9.17) is 4.52 Å². The quantitative estimate of drug-likeness (QED) is 0.891. The Bertz CT molecular complexity index is 619. The highest BCUT2D eigenvalue weighted by atomic mass is 16.5. The lowest BCUT2D eigenvalue weighted by atomic mass is 10.0. The molecular weight excluding hydrogens is 280 g/mol. The number of likely N-dealkylation sites (N-methyl/N-ethyl adjacent to an activating group) is 1. The Morgan fingerprint density at radius 2 is 1.95 bits per heavy atom. The zero-order valence-electron chi connectivity index (χ0n) is 13.4. The number of carbonyl (C=O) groups is 1. The topological polar surface area (TPSA) is 70.4 Å². The van der Waals surface area contributed by atoms with E-state index in [0.717, 1.165) is 5.56 Å². The summed E-state index contributed by atoms with van der Waals surface area (Å²) in [4.78, 5) is 14.0. The summed E-state index contributed by atoms with van der Waals surface area (Å²) in [6, 6.07) is 9.79. The molecule has 0 spiro atoms. The first-order chi connectivity index (χ1) is 10.5. The van der Waals surface area contributed by atoms with Crippen LogP contribution >= 0.6 is 0 Å². The predicted molar refractivity (Wildman–Crippen MR) is 85.9 cm³/mol. The molecule has 0 aliphatic heterocycles. The Morgan fingerprint density at radius 1 is 1.27 bits per heavy atom. The van der Waals surface area contributed by atoms with Crippen LogP contribution in [0.1, 0.15) is 22.9 Å². The molecule has 2 amide bonds. The van der Waals surface area contributed by atoms with E-state index < -0.39 is 0 Å². The molecule has 0 aliphatic rings. The van der Waals surface area contributed by atoms with Crippen LogP contribution in [-0.4, -0.2) is 36.7 Å². The van der Waals surface area contributed by atoms with Crippen molar-refractivity contribution in [3.8, 4) is 0 Å². The number of hydrogen-bond acceptors (Lipinski definition) is 4. The van der Waals surface area contributed by atoms with Gasteiger partial charge in [-0.2, -0.15) is 0 Å². The van der Waals surface area contributed by atoms with Crippen molar-refractivity contribution in [1.29, 1.82) is 0 Å². The van der Waals surface area contributed by atoms with Crippen molar-refractivity contribution in [3.63, 3.8) is 0 Å². The molecule has 0 aliphatic carbocycles. The summed E-state index contributed by atoms with van der Waals surface area (Å²) < 4.78 is 4.91. The van der Waals surface area contributed by atoms with Gasteiger partial charge in [-0.1, -0.05) is 35.0 Å². The second kappa shape index (κ2) is 7.09. The number of nitrogens with one attached hydrogen (secondary N) is 2. The number of benzene rings is 1. The summed E-state index contributed by atoms with van der Waals surface area (Å²) in [5.41, 5.74) is 2.38. The van der Waals surface area contributed by atoms with Crippen LogP contribution in [0, 0.1) is 13.8 Å². The maximum Gasteiger partial charge on any atom is 0.320 e. The van der Waals surface area contributed by atoms with Gasteiger partial charge in [0.25, 0.3) is 0 Å². The number of amides is 2. The van der Waals surface area contributed by atoms with Crippen LogP contribution in [0.25, 0.3) is 0 Å². The van der Waals surface area contributed by atoms with Gasteiger partial charge in [0.15, 0.2) is 5.82 Å². The average molecular weight is 302 g/mol. The van der Waals surface area contributed by atoms with Gasteiger partial charge in [-0.05, 0) is 33.5 Å². The molecule has 2 aromatic rings. The fourth-order valence-electron chi connectivity index (χ4n) is 2.16. The Hall–Kier alpha value is -2.34. The maximum atomic E-state index is 11.9. The Morgan fingerprint density at radius 3 is 2.50 bits per heavy atom. The third kappa shape index (κ3) is 4.33. The van der Waals surface area contributed by atoms with Crippen molar-refractivity contribution in [3.05, 3.63) is 47.2 Å². The van der Waals surface area contributed by atoms with Crippen molar-refractivity contribution in [2.75, 3.05) is 26.0 Å². The number of urea groups is 1. The summed E-state index contributed by atoms with van der Waals surface area (Å²) in [6.07, 6.45) is 0. The standard InChI is InChI=1S/C16H22N4O2/c1-11-5-7-13(8-6-11)14(20(3)4)10-17-16(21)18-15-9-12(2)22-19-15/h5-9,14H,10H2,1-4H3,(H2,17,18,19,21). The number of anilines is 1. The van der Waals surface area contributed by atoms with E-state index in [2.05, 4.69) is 51.9 Å². The Kier molecular flexibility index (Phi) is 5.16. The lowest BCUT2D eigenvalue weighted by molar-refractivity contribution is 0.243. The van der Waals surface area contributed by atoms with Gasteiger partial charge in [-0.15, -0.1) is 0 Å². The Labute approximate surface area is 130 Å². The molecule has 0 saturated carbocycles. The minimum absolute atomic E-state index is 0.102. The molecule has 6 nitrogen and oxygen atoms in total. The number of carbonyl (C=O) groups excluding carboxylic acids is 1. The van der Waals surface area contributed by atoms with E-state index in [1.807, 2.05) is 14.1 Å². The molecule has 0 saturated heterocycles. The van der Waals surface area contributed by atoms with Gasteiger partial charge in [0.1, 0.15) is 5.76 Å². The molecule has 6 heteroatoms. The number of rotatable bonds is 5. The molecular formula is C16H22N4O2. The number of hydrogen-bond donors (Lipinski definition) is 2. The van der Waals surface area contributed by atoms with Crippen LogP contribution in [0.5, 0.6) is 0 Å². The summed E-state index contributed by atoms with van der Waals surface area (Å²) in [6.45, 7) is 4.33. The monoisotopic (exact) mass is 302 g/mol. The second-order valence-corrected chi connectivity index (χ2v) is 5.55. The summed E-state index contributed by atoms with van der Waals surface area (Å²) in [5, 5.41) is 9.23. The Balaban J connectivity index is 1.94. The van der Waals surface area contributed by atoms with Crippen LogP contribution in [0.15, 0.2) is 34.9 Å². The molecule has 118 valence electrons. The van der Waals surface area contributed by atoms with Gasteiger partial charge in [0.2, 0.25) is 0 Å². The average Bonchev–Trinajstić information content (AvgIpc) is 2.86. The molecule has 2 rings (SSSR count).